The lowest BCUT2D eigenvalue weighted by Gasteiger charge is -2.37. The maximum Gasteiger partial charge on any atom is 0.0481 e. The van der Waals surface area contributed by atoms with Crippen LogP contribution in [0.2, 0.25) is 0 Å². The molecule has 1 nitrogen and oxygen atoms in total. The molecule has 0 saturated heterocycles. The van der Waals surface area contributed by atoms with Crippen LogP contribution in [0.25, 0.3) is 6.08 Å². The lowest BCUT2D eigenvalue weighted by atomic mass is 9.77. The van der Waals surface area contributed by atoms with Crippen molar-refractivity contribution in [3.8, 4) is 0 Å². The van der Waals surface area contributed by atoms with Crippen LogP contribution in [0.1, 0.15) is 12.5 Å². The average molecular weight is 259 g/mol. The fraction of sp³-hybridized carbons (Fsp3) is 0.158. The third-order valence-corrected chi connectivity index (χ3v) is 4.44. The molecule has 1 heterocycles. The second-order valence-corrected chi connectivity index (χ2v) is 5.61. The number of fused-ring (bicyclic) bond motifs is 4. The van der Waals surface area contributed by atoms with Gasteiger partial charge in [0.15, 0.2) is 0 Å². The first-order valence-electron chi connectivity index (χ1n) is 7.08. The zero-order chi connectivity index (χ0) is 13.7. The molecule has 0 saturated carbocycles. The van der Waals surface area contributed by atoms with Crippen molar-refractivity contribution in [3.63, 3.8) is 0 Å². The van der Waals surface area contributed by atoms with Crippen molar-refractivity contribution < 1.29 is 0 Å². The molecule has 0 fully saturated rings. The van der Waals surface area contributed by atoms with Crippen LogP contribution in [-0.4, -0.2) is 7.05 Å². The van der Waals surface area contributed by atoms with Gasteiger partial charge in [0.25, 0.3) is 0 Å². The first-order chi connectivity index (χ1) is 9.75. The zero-order valence-corrected chi connectivity index (χ0v) is 11.8. The lowest BCUT2D eigenvalue weighted by molar-refractivity contribution is 0.865. The van der Waals surface area contributed by atoms with Gasteiger partial charge in [-0.3, -0.25) is 0 Å². The number of allylic oxidation sites excluding steroid dienone is 8. The van der Waals surface area contributed by atoms with Gasteiger partial charge < -0.3 is 4.90 Å². The Kier molecular flexibility index (Phi) is 2.37. The number of likely N-dealkylation sites (N-methyl/N-ethyl adjacent to an activating group) is 1. The molecule has 0 amide bonds. The minimum absolute atomic E-state index is 0.399. The highest BCUT2D eigenvalue weighted by Gasteiger charge is 2.30. The highest BCUT2D eigenvalue weighted by Crippen LogP contribution is 2.44. The fourth-order valence-electron chi connectivity index (χ4n) is 3.39. The monoisotopic (exact) mass is 259 g/mol. The van der Waals surface area contributed by atoms with Gasteiger partial charge in [0.1, 0.15) is 0 Å². The molecule has 98 valence electrons. The molecule has 0 aromatic heterocycles. The number of para-hydroxylation sites is 1. The summed E-state index contributed by atoms with van der Waals surface area (Å²) in [6.45, 7) is 2.21. The van der Waals surface area contributed by atoms with E-state index in [4.69, 9.17) is 0 Å². The van der Waals surface area contributed by atoms with E-state index in [2.05, 4.69) is 79.6 Å². The van der Waals surface area contributed by atoms with Crippen LogP contribution in [0.15, 0.2) is 77.1 Å². The predicted octanol–water partition coefficient (Wildman–Crippen LogP) is 4.48. The first kappa shape index (κ1) is 11.5. The SMILES string of the molecule is CC1=C2C=CC=CC2C2=Cc3ccccc3N(C)C2=C1. The van der Waals surface area contributed by atoms with Crippen LogP contribution in [0.3, 0.4) is 0 Å². The lowest BCUT2D eigenvalue weighted by Crippen LogP contribution is -2.27. The van der Waals surface area contributed by atoms with Crippen molar-refractivity contribution in [1.29, 1.82) is 0 Å². The minimum Gasteiger partial charge on any atom is -0.344 e. The molecule has 0 N–H and O–H groups in total. The molecule has 1 aliphatic heterocycles. The molecule has 1 heteroatoms. The molecule has 1 aromatic carbocycles. The van der Waals surface area contributed by atoms with E-state index in [1.54, 1.807) is 0 Å². The summed E-state index contributed by atoms with van der Waals surface area (Å²) in [6.07, 6.45) is 13.5. The Morgan fingerprint density at radius 2 is 1.90 bits per heavy atom. The van der Waals surface area contributed by atoms with Crippen molar-refractivity contribution in [2.45, 2.75) is 6.92 Å². The molecule has 1 aromatic rings. The molecule has 2 aliphatic carbocycles. The van der Waals surface area contributed by atoms with Crippen LogP contribution in [0, 0.1) is 5.92 Å². The summed E-state index contributed by atoms with van der Waals surface area (Å²) in [5.41, 5.74) is 8.13. The van der Waals surface area contributed by atoms with Gasteiger partial charge in [-0.15, -0.1) is 0 Å². The second-order valence-electron chi connectivity index (χ2n) is 5.61. The highest BCUT2D eigenvalue weighted by molar-refractivity contribution is 5.82. The molecular weight excluding hydrogens is 242 g/mol. The van der Waals surface area contributed by atoms with Gasteiger partial charge in [-0.2, -0.15) is 0 Å². The summed E-state index contributed by atoms with van der Waals surface area (Å²) in [5, 5.41) is 0. The van der Waals surface area contributed by atoms with Gasteiger partial charge in [-0.05, 0) is 47.4 Å². The van der Waals surface area contributed by atoms with E-state index < -0.39 is 0 Å². The van der Waals surface area contributed by atoms with E-state index in [9.17, 15) is 0 Å². The van der Waals surface area contributed by atoms with Crippen LogP contribution in [-0.2, 0) is 0 Å². The number of hydrogen-bond acceptors (Lipinski definition) is 1. The molecule has 3 aliphatic rings. The van der Waals surface area contributed by atoms with Crippen molar-refractivity contribution in [2.75, 3.05) is 11.9 Å². The summed E-state index contributed by atoms with van der Waals surface area (Å²) < 4.78 is 0. The summed E-state index contributed by atoms with van der Waals surface area (Å²) in [5.74, 6) is 0.399. The minimum atomic E-state index is 0.399. The number of benzene rings is 1. The summed E-state index contributed by atoms with van der Waals surface area (Å²) in [4.78, 5) is 2.32. The zero-order valence-electron chi connectivity index (χ0n) is 11.8. The van der Waals surface area contributed by atoms with Crippen LogP contribution in [0.4, 0.5) is 5.69 Å². The first-order valence-corrected chi connectivity index (χ1v) is 7.08. The molecule has 20 heavy (non-hydrogen) atoms. The van der Waals surface area contributed by atoms with E-state index in [-0.39, 0.29) is 0 Å². The number of anilines is 1. The van der Waals surface area contributed by atoms with Crippen molar-refractivity contribution >= 4 is 11.8 Å². The quantitative estimate of drug-likeness (QED) is 0.664. The Labute approximate surface area is 119 Å². The van der Waals surface area contributed by atoms with Gasteiger partial charge >= 0.3 is 0 Å². The van der Waals surface area contributed by atoms with Crippen molar-refractivity contribution in [1.82, 2.24) is 0 Å². The Bertz CT molecular complexity index is 741. The number of rotatable bonds is 0. The van der Waals surface area contributed by atoms with E-state index in [1.165, 1.54) is 33.7 Å². The largest absolute Gasteiger partial charge is 0.344 e. The molecule has 0 spiro atoms. The van der Waals surface area contributed by atoms with E-state index in [0.717, 1.165) is 0 Å². The molecular formula is C19H17N. The normalized spacial score (nSPS) is 22.9. The van der Waals surface area contributed by atoms with Gasteiger partial charge in [0.05, 0.1) is 0 Å². The molecule has 1 unspecified atom stereocenters. The van der Waals surface area contributed by atoms with E-state index >= 15 is 0 Å². The maximum absolute atomic E-state index is 2.35. The van der Waals surface area contributed by atoms with Crippen LogP contribution < -0.4 is 4.90 Å². The Balaban J connectivity index is 1.96. The van der Waals surface area contributed by atoms with Crippen molar-refractivity contribution in [3.05, 3.63) is 82.6 Å². The van der Waals surface area contributed by atoms with Crippen molar-refractivity contribution in [2.24, 2.45) is 5.92 Å². The Morgan fingerprint density at radius 3 is 2.80 bits per heavy atom. The molecule has 0 bridgehead atoms. The summed E-state index contributed by atoms with van der Waals surface area (Å²) in [6, 6.07) is 8.60. The molecule has 0 radical (unpaired) electrons. The smallest absolute Gasteiger partial charge is 0.0481 e. The third-order valence-electron chi connectivity index (χ3n) is 4.44. The predicted molar refractivity (Wildman–Crippen MR) is 85.4 cm³/mol. The van der Waals surface area contributed by atoms with Gasteiger partial charge in [0, 0.05) is 24.4 Å². The van der Waals surface area contributed by atoms with Gasteiger partial charge in [0.2, 0.25) is 0 Å². The fourth-order valence-corrected chi connectivity index (χ4v) is 3.39. The topological polar surface area (TPSA) is 3.24 Å². The maximum atomic E-state index is 2.35. The van der Waals surface area contributed by atoms with E-state index in [0.29, 0.717) is 5.92 Å². The van der Waals surface area contributed by atoms with Gasteiger partial charge in [-0.1, -0.05) is 42.5 Å². The number of nitrogens with zero attached hydrogens (tertiary/aromatic N) is 1. The van der Waals surface area contributed by atoms with E-state index in [1.807, 2.05) is 0 Å². The van der Waals surface area contributed by atoms with Crippen LogP contribution in [0.5, 0.6) is 0 Å². The molecule has 4 rings (SSSR count). The summed E-state index contributed by atoms with van der Waals surface area (Å²) >= 11 is 0. The Morgan fingerprint density at radius 1 is 1.05 bits per heavy atom. The van der Waals surface area contributed by atoms with Crippen LogP contribution >= 0.6 is 0 Å². The van der Waals surface area contributed by atoms with Gasteiger partial charge in [-0.25, -0.2) is 0 Å². The third kappa shape index (κ3) is 1.50. The number of hydrogen-bond donors (Lipinski definition) is 0. The highest BCUT2D eigenvalue weighted by atomic mass is 15.1. The molecule has 1 atom stereocenters. The summed E-state index contributed by atoms with van der Waals surface area (Å²) in [7, 11) is 2.16. The standard InChI is InChI=1S/C19H17N/c1-13-11-19-17(16-9-5-4-8-15(13)16)12-14-7-3-6-10-18(14)20(19)2/h3-12,16H,1-2H3. The Hall–Kier alpha value is -2.28. The second kappa shape index (κ2) is 4.11. The average Bonchev–Trinajstić information content (AvgIpc) is 2.49.